The lowest BCUT2D eigenvalue weighted by Gasteiger charge is -2.40. The third kappa shape index (κ3) is 4.76. The molecular weight excluding hydrogens is 428 g/mol. The minimum absolute atomic E-state index is 0.0284. The first-order valence-corrected chi connectivity index (χ1v) is 12.1. The van der Waals surface area contributed by atoms with Gasteiger partial charge >= 0.3 is 5.97 Å². The molecule has 0 radical (unpaired) electrons. The van der Waals surface area contributed by atoms with Crippen molar-refractivity contribution >= 4 is 21.7 Å². The molecule has 0 amide bonds. The van der Waals surface area contributed by atoms with Gasteiger partial charge in [-0.05, 0) is 88.6 Å². The van der Waals surface area contributed by atoms with Gasteiger partial charge in [-0.25, -0.2) is 13.2 Å². The molecule has 1 unspecified atom stereocenters. The van der Waals surface area contributed by atoms with E-state index in [1.54, 1.807) is 13.0 Å². The Morgan fingerprint density at radius 3 is 2.28 bits per heavy atom. The minimum atomic E-state index is -3.68. The first-order valence-electron chi connectivity index (χ1n) is 10.7. The van der Waals surface area contributed by atoms with Crippen LogP contribution in [0.25, 0.3) is 0 Å². The van der Waals surface area contributed by atoms with Crippen LogP contribution in [0.3, 0.4) is 0 Å². The van der Waals surface area contributed by atoms with Gasteiger partial charge in [-0.1, -0.05) is 6.07 Å². The molecule has 8 heteroatoms. The number of carboxylic acids is 1. The number of rotatable bonds is 6. The minimum Gasteiger partial charge on any atom is -0.478 e. The Balaban J connectivity index is 1.78. The second kappa shape index (κ2) is 8.75. The van der Waals surface area contributed by atoms with E-state index in [0.29, 0.717) is 30.9 Å². The summed E-state index contributed by atoms with van der Waals surface area (Å²) in [6.45, 7) is 12.2. The van der Waals surface area contributed by atoms with Crippen molar-refractivity contribution in [2.24, 2.45) is 0 Å². The summed E-state index contributed by atoms with van der Waals surface area (Å²) < 4.78 is 33.7. The standard InChI is InChI=1S/C24H32N2O5S/c1-16-7-8-20(13-17(16)2)26-12-11-25(15-19(26)4)32(29,30)21-9-10-22(18(3)14-21)31-24(5,6)23(27)28/h7-10,13-14,19H,11-12,15H2,1-6H3,(H,27,28). The Morgan fingerprint density at radius 1 is 1.03 bits per heavy atom. The highest BCUT2D eigenvalue weighted by Gasteiger charge is 2.34. The molecule has 3 rings (SSSR count). The summed E-state index contributed by atoms with van der Waals surface area (Å²) in [5.74, 6) is -0.742. The summed E-state index contributed by atoms with van der Waals surface area (Å²) >= 11 is 0. The number of anilines is 1. The Morgan fingerprint density at radius 2 is 1.72 bits per heavy atom. The Kier molecular flexibility index (Phi) is 6.58. The maximum atomic E-state index is 13.3. The summed E-state index contributed by atoms with van der Waals surface area (Å²) in [5, 5.41) is 9.27. The van der Waals surface area contributed by atoms with Crippen LogP contribution in [-0.4, -0.2) is 55.1 Å². The van der Waals surface area contributed by atoms with Crippen molar-refractivity contribution in [1.29, 1.82) is 0 Å². The molecule has 1 aliphatic rings. The number of hydrogen-bond acceptors (Lipinski definition) is 5. The molecule has 0 aromatic heterocycles. The number of carbonyl (C=O) groups is 1. The first kappa shape index (κ1) is 24.1. The molecule has 1 saturated heterocycles. The molecule has 0 bridgehead atoms. The fourth-order valence-electron chi connectivity index (χ4n) is 3.79. The van der Waals surface area contributed by atoms with Crippen LogP contribution in [0.4, 0.5) is 5.69 Å². The lowest BCUT2D eigenvalue weighted by Crippen LogP contribution is -2.53. The topological polar surface area (TPSA) is 87.2 Å². The summed E-state index contributed by atoms with van der Waals surface area (Å²) in [4.78, 5) is 13.8. The number of aryl methyl sites for hydroxylation is 3. The first-order chi connectivity index (χ1) is 14.8. The van der Waals surface area contributed by atoms with Crippen LogP contribution in [0.1, 0.15) is 37.5 Å². The maximum Gasteiger partial charge on any atom is 0.347 e. The number of aliphatic carboxylic acids is 1. The van der Waals surface area contributed by atoms with Crippen molar-refractivity contribution in [1.82, 2.24) is 4.31 Å². The third-order valence-corrected chi connectivity index (χ3v) is 7.94. The summed E-state index contributed by atoms with van der Waals surface area (Å²) in [6.07, 6.45) is 0. The zero-order valence-electron chi connectivity index (χ0n) is 19.5. The molecule has 0 spiro atoms. The van der Waals surface area contributed by atoms with E-state index >= 15 is 0 Å². The van der Waals surface area contributed by atoms with Gasteiger partial charge < -0.3 is 14.7 Å². The fourth-order valence-corrected chi connectivity index (χ4v) is 5.39. The normalized spacial score (nSPS) is 17.9. The second-order valence-corrected chi connectivity index (χ2v) is 11.0. The van der Waals surface area contributed by atoms with E-state index < -0.39 is 21.6 Å². The van der Waals surface area contributed by atoms with Crippen LogP contribution in [-0.2, 0) is 14.8 Å². The van der Waals surface area contributed by atoms with Gasteiger partial charge in [0.05, 0.1) is 4.90 Å². The van der Waals surface area contributed by atoms with E-state index in [1.165, 1.54) is 41.4 Å². The lowest BCUT2D eigenvalue weighted by atomic mass is 10.1. The molecule has 1 fully saturated rings. The highest BCUT2D eigenvalue weighted by molar-refractivity contribution is 7.89. The van der Waals surface area contributed by atoms with Crippen LogP contribution >= 0.6 is 0 Å². The highest BCUT2D eigenvalue weighted by atomic mass is 32.2. The average Bonchev–Trinajstić information content (AvgIpc) is 2.71. The summed E-state index contributed by atoms with van der Waals surface area (Å²) in [7, 11) is -3.68. The van der Waals surface area contributed by atoms with Gasteiger partial charge in [0.2, 0.25) is 10.0 Å². The van der Waals surface area contributed by atoms with Gasteiger partial charge in [-0.3, -0.25) is 0 Å². The quantitative estimate of drug-likeness (QED) is 0.706. The van der Waals surface area contributed by atoms with Gasteiger partial charge in [0.15, 0.2) is 5.60 Å². The highest BCUT2D eigenvalue weighted by Crippen LogP contribution is 2.29. The van der Waals surface area contributed by atoms with E-state index in [0.717, 1.165) is 5.69 Å². The van der Waals surface area contributed by atoms with Crippen LogP contribution in [0.2, 0.25) is 0 Å². The Labute approximate surface area is 190 Å². The van der Waals surface area contributed by atoms with Gasteiger partial charge in [-0.2, -0.15) is 4.31 Å². The summed E-state index contributed by atoms with van der Waals surface area (Å²) in [6, 6.07) is 10.9. The van der Waals surface area contributed by atoms with E-state index in [1.807, 2.05) is 6.92 Å². The number of piperazine rings is 1. The van der Waals surface area contributed by atoms with Crippen LogP contribution in [0, 0.1) is 20.8 Å². The zero-order chi connectivity index (χ0) is 23.8. The number of nitrogens with zero attached hydrogens (tertiary/aromatic N) is 2. The Bertz CT molecular complexity index is 1130. The van der Waals surface area contributed by atoms with Crippen molar-refractivity contribution in [2.45, 2.75) is 58.1 Å². The van der Waals surface area contributed by atoms with Gasteiger partial charge in [-0.15, -0.1) is 0 Å². The van der Waals surface area contributed by atoms with Crippen LogP contribution in [0.15, 0.2) is 41.3 Å². The average molecular weight is 461 g/mol. The van der Waals surface area contributed by atoms with Crippen molar-refractivity contribution in [3.05, 3.63) is 53.1 Å². The van der Waals surface area contributed by atoms with E-state index in [9.17, 15) is 18.3 Å². The molecular formula is C24H32N2O5S. The molecule has 2 aromatic rings. The number of carboxylic acid groups (broad SMARTS) is 1. The predicted molar refractivity (Wildman–Crippen MR) is 125 cm³/mol. The number of sulfonamides is 1. The lowest BCUT2D eigenvalue weighted by molar-refractivity contribution is -0.152. The molecule has 7 nitrogen and oxygen atoms in total. The number of ether oxygens (including phenoxy) is 1. The smallest absolute Gasteiger partial charge is 0.347 e. The zero-order valence-corrected chi connectivity index (χ0v) is 20.4. The van der Waals surface area contributed by atoms with Gasteiger partial charge in [0, 0.05) is 31.4 Å². The molecule has 1 heterocycles. The predicted octanol–water partition coefficient (Wildman–Crippen LogP) is 3.75. The van der Waals surface area contributed by atoms with E-state index in [2.05, 4.69) is 36.9 Å². The van der Waals surface area contributed by atoms with E-state index in [-0.39, 0.29) is 10.9 Å². The van der Waals surface area contributed by atoms with Gasteiger partial charge in [0.1, 0.15) is 5.75 Å². The molecule has 32 heavy (non-hydrogen) atoms. The van der Waals surface area contributed by atoms with Gasteiger partial charge in [0.25, 0.3) is 0 Å². The molecule has 1 atom stereocenters. The molecule has 174 valence electrons. The maximum absolute atomic E-state index is 13.3. The SMILES string of the molecule is Cc1ccc(N2CCN(S(=O)(=O)c3ccc(OC(C)(C)C(=O)O)c(C)c3)CC2C)cc1C. The van der Waals surface area contributed by atoms with Crippen LogP contribution in [0.5, 0.6) is 5.75 Å². The summed E-state index contributed by atoms with van der Waals surface area (Å²) in [5.41, 5.74) is 2.72. The molecule has 1 N–H and O–H groups in total. The van der Waals surface area contributed by atoms with Crippen molar-refractivity contribution in [2.75, 3.05) is 24.5 Å². The molecule has 2 aromatic carbocycles. The monoisotopic (exact) mass is 460 g/mol. The van der Waals surface area contributed by atoms with E-state index in [4.69, 9.17) is 4.74 Å². The Hall–Kier alpha value is -2.58. The molecule has 1 aliphatic heterocycles. The molecule has 0 aliphatic carbocycles. The van der Waals surface area contributed by atoms with Crippen molar-refractivity contribution < 1.29 is 23.1 Å². The largest absolute Gasteiger partial charge is 0.478 e. The third-order valence-electron chi connectivity index (χ3n) is 6.08. The molecule has 0 saturated carbocycles. The second-order valence-electron chi connectivity index (χ2n) is 9.02. The van der Waals surface area contributed by atoms with Crippen molar-refractivity contribution in [3.8, 4) is 5.75 Å². The van der Waals surface area contributed by atoms with Crippen molar-refractivity contribution in [3.63, 3.8) is 0 Å². The van der Waals surface area contributed by atoms with Crippen LogP contribution < -0.4 is 9.64 Å². The number of benzene rings is 2. The fraction of sp³-hybridized carbons (Fsp3) is 0.458. The number of hydrogen-bond donors (Lipinski definition) is 1.